The van der Waals surface area contributed by atoms with E-state index in [1.54, 1.807) is 62.1 Å². The first-order valence-corrected chi connectivity index (χ1v) is 28.0. The van der Waals surface area contributed by atoms with Crippen molar-refractivity contribution in [1.29, 1.82) is 0 Å². The van der Waals surface area contributed by atoms with E-state index in [0.717, 1.165) is 16.8 Å². The number of imide groups is 1. The number of nitrogen functional groups attached to an aromatic ring is 1. The summed E-state index contributed by atoms with van der Waals surface area (Å²) in [6, 6.07) is 8.61. The highest BCUT2D eigenvalue weighted by molar-refractivity contribution is 7.87. The van der Waals surface area contributed by atoms with Crippen LogP contribution in [0.5, 0.6) is 5.75 Å². The maximum atomic E-state index is 14.0. The van der Waals surface area contributed by atoms with Crippen LogP contribution in [0.25, 0.3) is 11.0 Å². The number of nitrogens with zero attached hydrogens (tertiary/aromatic N) is 5. The number of carbonyl (C=O) groups excluding carboxylic acids is 6. The zero-order valence-corrected chi connectivity index (χ0v) is 45.6. The van der Waals surface area contributed by atoms with E-state index >= 15 is 0 Å². The second kappa shape index (κ2) is 25.5. The summed E-state index contributed by atoms with van der Waals surface area (Å²) in [4.78, 5) is 84.8. The number of anilines is 3. The van der Waals surface area contributed by atoms with Gasteiger partial charge >= 0.3 is 6.03 Å². The summed E-state index contributed by atoms with van der Waals surface area (Å²) in [5.74, 6) is 3.80. The van der Waals surface area contributed by atoms with E-state index < -0.39 is 58.3 Å². The molecule has 1 aliphatic carbocycles. The van der Waals surface area contributed by atoms with Gasteiger partial charge in [0.15, 0.2) is 11.5 Å². The molecule has 2 fully saturated rings. The number of hydrogen-bond donors (Lipinski definition) is 9. The molecule has 0 radical (unpaired) electrons. The van der Waals surface area contributed by atoms with Crippen LogP contribution in [0.2, 0.25) is 0 Å². The Morgan fingerprint density at radius 2 is 1.76 bits per heavy atom. The Morgan fingerprint density at radius 3 is 2.44 bits per heavy atom. The lowest BCUT2D eigenvalue weighted by Gasteiger charge is -2.28. The molecule has 6 amide bonds. The minimum Gasteiger partial charge on any atom is -0.488 e. The SMILES string of the molecule is Cc1ccc2c(c1C#Cc1cn([C@H]3C[C@@H](CNS(N)(=O)=O)[C@@H](O)[C@H]3O)c3c1c(N)nc[n+]3Cc1ccc(NC(=O)[C@@H](CCCNC(N)=O)CC(=O)[C@H](NC(=O)CCCCCN3C(=O)CC(C)C3=O)C(C)C)cc1)OCCN2C. The van der Waals surface area contributed by atoms with Crippen molar-refractivity contribution < 1.29 is 56.7 Å². The minimum absolute atomic E-state index is 0.135. The number of carbonyl (C=O) groups is 6. The van der Waals surface area contributed by atoms with E-state index in [1.165, 1.54) is 4.90 Å². The lowest BCUT2D eigenvalue weighted by atomic mass is 9.89. The number of aryl methyl sites for hydroxylation is 1. The molecule has 23 nitrogen and oxygen atoms in total. The van der Waals surface area contributed by atoms with Gasteiger partial charge in [0, 0.05) is 69.4 Å². The van der Waals surface area contributed by atoms with Gasteiger partial charge in [-0.25, -0.2) is 19.2 Å². The average Bonchev–Trinajstić information content (AvgIpc) is 4.18. The first kappa shape index (κ1) is 58.5. The number of urea groups is 1. The molecular weight excluding hydrogens is 1020 g/mol. The molecule has 78 heavy (non-hydrogen) atoms. The van der Waals surface area contributed by atoms with E-state index in [4.69, 9.17) is 21.3 Å². The standard InChI is InChI=1S/C54H72N12O11S/c1-31(2)46(62-43(68)11-7-6-8-21-65-44(69)24-33(4)53(65)73)42(67)26-35(10-9-20-58-54(56)74)51(72)61-38-16-13-34(14-17-38)28-64-30-59-50(55)45-36(15-18-39-32(3)12-19-40-49(39)77-23-22-63(40)5)29-66(52(45)64)41-25-37(47(70)48(41)71)27-60-78(57,75)76/h12-14,16-17,19,29-31,33,35,37,41,46-48,55,60,70-71H,6-11,20-28H2,1-5H3,(H7,56,57,58,61,62,68,72,74,75,76)/p+1/t33?,35-,37-,41-,46+,47+,48-/m0/s1. The molecule has 4 aromatic rings. The third kappa shape index (κ3) is 14.3. The van der Waals surface area contributed by atoms with Crippen LogP contribution >= 0.6 is 0 Å². The highest BCUT2D eigenvalue weighted by Crippen LogP contribution is 2.39. The predicted molar refractivity (Wildman–Crippen MR) is 290 cm³/mol. The van der Waals surface area contributed by atoms with Crippen LogP contribution in [0.4, 0.5) is 22.0 Å². The van der Waals surface area contributed by atoms with Gasteiger partial charge < -0.3 is 47.3 Å². The largest absolute Gasteiger partial charge is 0.488 e. The van der Waals surface area contributed by atoms with Crippen LogP contribution in [0.3, 0.4) is 0 Å². The van der Waals surface area contributed by atoms with Crippen LogP contribution < -0.4 is 51.5 Å². The lowest BCUT2D eigenvalue weighted by Crippen LogP contribution is -2.45. The summed E-state index contributed by atoms with van der Waals surface area (Å²) >= 11 is 0. The van der Waals surface area contributed by atoms with E-state index in [1.807, 2.05) is 30.7 Å². The zero-order valence-electron chi connectivity index (χ0n) is 44.8. The number of ketones is 1. The molecular formula is C54H73N12O11S+. The monoisotopic (exact) mass is 1100 g/mol. The van der Waals surface area contributed by atoms with Gasteiger partial charge in [-0.1, -0.05) is 62.2 Å². The first-order valence-electron chi connectivity index (χ1n) is 26.4. The second-order valence-corrected chi connectivity index (χ2v) is 22.4. The molecule has 7 rings (SSSR count). The molecule has 1 saturated heterocycles. The summed E-state index contributed by atoms with van der Waals surface area (Å²) in [5.41, 5.74) is 16.6. The van der Waals surface area contributed by atoms with E-state index in [0.29, 0.717) is 79.0 Å². The number of rotatable bonds is 23. The van der Waals surface area contributed by atoms with Crippen molar-refractivity contribution in [2.24, 2.45) is 34.5 Å². The Balaban J connectivity index is 1.09. The smallest absolute Gasteiger partial charge is 0.312 e. The lowest BCUT2D eigenvalue weighted by molar-refractivity contribution is -0.668. The number of unbranched alkanes of at least 4 members (excludes halogenated alkanes) is 2. The Hall–Kier alpha value is -7.17. The summed E-state index contributed by atoms with van der Waals surface area (Å²) < 4.78 is 35.6. The molecule has 24 heteroatoms. The molecule has 1 saturated carbocycles. The number of likely N-dealkylation sites (tertiary alicyclic amines) is 1. The molecule has 4 heterocycles. The molecule has 420 valence electrons. The summed E-state index contributed by atoms with van der Waals surface area (Å²) in [6.07, 6.45) is 3.15. The van der Waals surface area contributed by atoms with Gasteiger partial charge in [-0.05, 0) is 74.3 Å². The predicted octanol–water partition coefficient (Wildman–Crippen LogP) is 1.63. The third-order valence-electron chi connectivity index (χ3n) is 14.8. The van der Waals surface area contributed by atoms with Gasteiger partial charge in [0.1, 0.15) is 24.1 Å². The number of nitrogens with one attached hydrogen (secondary N) is 4. The fourth-order valence-corrected chi connectivity index (χ4v) is 10.9. The third-order valence-corrected chi connectivity index (χ3v) is 15.4. The molecule has 2 aliphatic heterocycles. The molecule has 7 atom stereocenters. The van der Waals surface area contributed by atoms with E-state index in [9.17, 15) is 47.4 Å². The number of nitrogens with two attached hydrogens (primary N) is 3. The van der Waals surface area contributed by atoms with Gasteiger partial charge in [-0.2, -0.15) is 8.42 Å². The van der Waals surface area contributed by atoms with Crippen molar-refractivity contribution in [2.45, 2.75) is 116 Å². The van der Waals surface area contributed by atoms with Gasteiger partial charge in [-0.15, -0.1) is 0 Å². The number of aromatic nitrogens is 3. The Morgan fingerprint density at radius 1 is 1.01 bits per heavy atom. The maximum Gasteiger partial charge on any atom is 0.312 e. The zero-order chi connectivity index (χ0) is 56.6. The normalized spacial score (nSPS) is 20.0. The number of aliphatic hydroxyl groups excluding tert-OH is 2. The number of ether oxygens (including phenoxy) is 1. The van der Waals surface area contributed by atoms with Crippen LogP contribution in [-0.2, 0) is 40.7 Å². The van der Waals surface area contributed by atoms with Gasteiger partial charge in [0.25, 0.3) is 10.2 Å². The molecule has 1 unspecified atom stereocenters. The summed E-state index contributed by atoms with van der Waals surface area (Å²) in [5, 5.41) is 36.8. The number of primary amides is 1. The molecule has 2 aromatic heterocycles. The average molecular weight is 1100 g/mol. The fourth-order valence-electron chi connectivity index (χ4n) is 10.5. The topological polar surface area (TPSA) is 341 Å². The van der Waals surface area contributed by atoms with E-state index in [2.05, 4.69) is 42.4 Å². The van der Waals surface area contributed by atoms with Crippen molar-refractivity contribution in [3.05, 3.63) is 71.2 Å². The number of hydrogen-bond acceptors (Lipinski definition) is 14. The second-order valence-electron chi connectivity index (χ2n) is 21.0. The van der Waals surface area contributed by atoms with Gasteiger partial charge in [0.2, 0.25) is 41.4 Å². The summed E-state index contributed by atoms with van der Waals surface area (Å²) in [6.45, 7) is 8.94. The van der Waals surface area contributed by atoms with E-state index in [-0.39, 0.29) is 92.9 Å². The molecule has 0 bridgehead atoms. The number of amides is 6. The van der Waals surface area contributed by atoms with Crippen LogP contribution in [0.15, 0.2) is 48.9 Å². The van der Waals surface area contributed by atoms with Crippen molar-refractivity contribution in [1.82, 2.24) is 29.8 Å². The highest BCUT2D eigenvalue weighted by atomic mass is 32.2. The Bertz CT molecular complexity index is 3080. The quantitative estimate of drug-likeness (QED) is 0.0221. The highest BCUT2D eigenvalue weighted by Gasteiger charge is 2.46. The van der Waals surface area contributed by atoms with Crippen molar-refractivity contribution in [3.63, 3.8) is 0 Å². The molecule has 3 aliphatic rings. The van der Waals surface area contributed by atoms with Crippen molar-refractivity contribution >= 4 is 73.9 Å². The number of aliphatic hydroxyl groups is 2. The molecule has 0 spiro atoms. The van der Waals surface area contributed by atoms with Crippen molar-refractivity contribution in [2.75, 3.05) is 55.8 Å². The van der Waals surface area contributed by atoms with Crippen LogP contribution in [0.1, 0.15) is 107 Å². The Kier molecular flexibility index (Phi) is 19.2. The fraction of sp³-hybridized carbons (Fsp3) is 0.519. The van der Waals surface area contributed by atoms with Gasteiger partial charge in [0.05, 0.1) is 48.2 Å². The number of likely N-dealkylation sites (N-methyl/N-ethyl adjacent to an activating group) is 1. The van der Waals surface area contributed by atoms with Gasteiger partial charge in [-0.3, -0.25) is 33.4 Å². The van der Waals surface area contributed by atoms with Crippen molar-refractivity contribution in [3.8, 4) is 17.6 Å². The maximum absolute atomic E-state index is 14.0. The van der Waals surface area contributed by atoms with Crippen LogP contribution in [0, 0.1) is 42.4 Å². The number of fused-ring (bicyclic) bond motifs is 2. The minimum atomic E-state index is -4.09. The molecule has 2 aromatic carbocycles. The first-order chi connectivity index (χ1) is 37.0. The van der Waals surface area contributed by atoms with Crippen LogP contribution in [-0.4, -0.2) is 127 Å². The molecule has 12 N–H and O–H groups in total. The Labute approximate surface area is 454 Å². The number of benzene rings is 2. The number of Topliss-reactive ketones (excluding diaryl/α,β-unsaturated/α-hetero) is 1. The summed E-state index contributed by atoms with van der Waals surface area (Å²) in [7, 11) is -2.11.